The Morgan fingerprint density at radius 2 is 1.53 bits per heavy atom. The minimum atomic E-state index is -0.752. The van der Waals surface area contributed by atoms with Crippen molar-refractivity contribution in [3.05, 3.63) is 35.4 Å². The molecule has 1 nitrogen and oxygen atoms in total. The fourth-order valence-corrected chi connectivity index (χ4v) is 1.94. The van der Waals surface area contributed by atoms with Gasteiger partial charge in [-0.1, -0.05) is 36.6 Å². The Kier molecular flexibility index (Phi) is 5.25. The first-order valence-electron chi connectivity index (χ1n) is 6.30. The summed E-state index contributed by atoms with van der Waals surface area (Å²) >= 11 is 0. The first kappa shape index (κ1) is 13.8. The minimum Gasteiger partial charge on any atom is -0.378 e. The molecule has 1 aliphatic rings. The number of benzene rings is 1. The van der Waals surface area contributed by atoms with Crippen LogP contribution in [0.3, 0.4) is 0 Å². The van der Waals surface area contributed by atoms with Crippen LogP contribution in [-0.4, -0.2) is 10.7 Å². The van der Waals surface area contributed by atoms with E-state index in [-0.39, 0.29) is 0 Å². The van der Waals surface area contributed by atoms with E-state index < -0.39 is 5.60 Å². The molecule has 0 aliphatic heterocycles. The Bertz CT molecular complexity index is 360. The minimum absolute atomic E-state index is 0.752. The fourth-order valence-electron chi connectivity index (χ4n) is 1.94. The van der Waals surface area contributed by atoms with E-state index in [2.05, 4.69) is 44.0 Å². The summed E-state index contributed by atoms with van der Waals surface area (Å²) in [5.41, 5.74) is 1.98. The highest BCUT2D eigenvalue weighted by Crippen LogP contribution is 2.26. The summed E-state index contributed by atoms with van der Waals surface area (Å²) in [5, 5.41) is 9.44. The summed E-state index contributed by atoms with van der Waals surface area (Å²) in [5.74, 6) is 2.44. The van der Waals surface area contributed by atoms with Crippen LogP contribution in [0.5, 0.6) is 0 Å². The first-order chi connectivity index (χ1) is 8.07. The van der Waals surface area contributed by atoms with E-state index in [1.165, 1.54) is 17.5 Å². The largest absolute Gasteiger partial charge is 0.378 e. The fraction of sp³-hybridized carbons (Fsp3) is 0.500. The molecule has 0 saturated heterocycles. The molecule has 0 amide bonds. The van der Waals surface area contributed by atoms with Gasteiger partial charge in [0.15, 0.2) is 0 Å². The van der Waals surface area contributed by atoms with Crippen molar-refractivity contribution in [2.24, 2.45) is 0 Å². The standard InChI is InChI=1S/C8H12O.C8H10/c1-2-8(9)6-4-3-5-7-8;1-7-5-3-4-6-8(7)2/h1,9H,3-7H2;3-6H,1-2H3. The molecule has 0 radical (unpaired) electrons. The lowest BCUT2D eigenvalue weighted by Crippen LogP contribution is -2.28. The van der Waals surface area contributed by atoms with E-state index in [1.54, 1.807) is 0 Å². The second kappa shape index (κ2) is 6.47. The van der Waals surface area contributed by atoms with E-state index in [0.717, 1.165) is 25.7 Å². The lowest BCUT2D eigenvalue weighted by atomic mass is 9.86. The lowest BCUT2D eigenvalue weighted by Gasteiger charge is -2.26. The highest BCUT2D eigenvalue weighted by Gasteiger charge is 2.25. The third-order valence-electron chi connectivity index (χ3n) is 3.37. The zero-order valence-corrected chi connectivity index (χ0v) is 10.9. The molecule has 1 N–H and O–H groups in total. The van der Waals surface area contributed by atoms with Gasteiger partial charge in [0.1, 0.15) is 5.60 Å². The molecule has 0 heterocycles. The molecular weight excluding hydrogens is 208 g/mol. The van der Waals surface area contributed by atoms with Crippen LogP contribution in [0.2, 0.25) is 0 Å². The Balaban J connectivity index is 0.000000171. The maximum absolute atomic E-state index is 9.44. The SMILES string of the molecule is C#CC1(O)CCCCC1.Cc1ccccc1C. The Labute approximate surface area is 105 Å². The molecule has 0 unspecified atom stereocenters. The Hall–Kier alpha value is -1.26. The molecule has 1 saturated carbocycles. The molecule has 0 atom stereocenters. The van der Waals surface area contributed by atoms with Crippen molar-refractivity contribution >= 4 is 0 Å². The van der Waals surface area contributed by atoms with Crippen LogP contribution in [0, 0.1) is 26.2 Å². The predicted octanol–water partition coefficient (Wildman–Crippen LogP) is 3.62. The third-order valence-corrected chi connectivity index (χ3v) is 3.37. The average Bonchev–Trinajstić information content (AvgIpc) is 2.35. The summed E-state index contributed by atoms with van der Waals surface area (Å²) in [4.78, 5) is 0. The second-order valence-corrected chi connectivity index (χ2v) is 4.82. The Morgan fingerprint density at radius 1 is 1.06 bits per heavy atom. The van der Waals surface area contributed by atoms with Crippen molar-refractivity contribution in [1.29, 1.82) is 0 Å². The highest BCUT2D eigenvalue weighted by molar-refractivity contribution is 5.23. The van der Waals surface area contributed by atoms with Gasteiger partial charge < -0.3 is 5.11 Å². The van der Waals surface area contributed by atoms with Crippen molar-refractivity contribution < 1.29 is 5.11 Å². The highest BCUT2D eigenvalue weighted by atomic mass is 16.3. The number of hydrogen-bond acceptors (Lipinski definition) is 1. The van der Waals surface area contributed by atoms with Crippen molar-refractivity contribution in [3.63, 3.8) is 0 Å². The maximum atomic E-state index is 9.44. The number of aryl methyl sites for hydroxylation is 2. The van der Waals surface area contributed by atoms with Crippen LogP contribution in [0.15, 0.2) is 24.3 Å². The van der Waals surface area contributed by atoms with Gasteiger partial charge in [0, 0.05) is 0 Å². The summed E-state index contributed by atoms with van der Waals surface area (Å²) < 4.78 is 0. The second-order valence-electron chi connectivity index (χ2n) is 4.82. The molecule has 2 rings (SSSR count). The van der Waals surface area contributed by atoms with Crippen molar-refractivity contribution in [2.75, 3.05) is 0 Å². The van der Waals surface area contributed by atoms with Crippen LogP contribution in [0.25, 0.3) is 0 Å². The van der Waals surface area contributed by atoms with E-state index in [0.29, 0.717) is 0 Å². The average molecular weight is 230 g/mol. The Morgan fingerprint density at radius 3 is 1.82 bits per heavy atom. The monoisotopic (exact) mass is 230 g/mol. The van der Waals surface area contributed by atoms with Gasteiger partial charge in [0.05, 0.1) is 0 Å². The van der Waals surface area contributed by atoms with Gasteiger partial charge in [0.2, 0.25) is 0 Å². The summed E-state index contributed by atoms with van der Waals surface area (Å²) in [6, 6.07) is 8.36. The van der Waals surface area contributed by atoms with Crippen LogP contribution in [-0.2, 0) is 0 Å². The predicted molar refractivity (Wildman–Crippen MR) is 72.8 cm³/mol. The molecule has 0 spiro atoms. The summed E-state index contributed by atoms with van der Waals surface area (Å²) in [6.45, 7) is 4.24. The zero-order chi connectivity index (χ0) is 12.7. The topological polar surface area (TPSA) is 20.2 Å². The molecule has 0 bridgehead atoms. The van der Waals surface area contributed by atoms with E-state index in [4.69, 9.17) is 6.42 Å². The van der Waals surface area contributed by atoms with Gasteiger partial charge in [-0.3, -0.25) is 0 Å². The van der Waals surface area contributed by atoms with E-state index >= 15 is 0 Å². The van der Waals surface area contributed by atoms with Crippen molar-refractivity contribution in [3.8, 4) is 12.3 Å². The van der Waals surface area contributed by atoms with Gasteiger partial charge in [-0.05, 0) is 50.7 Å². The lowest BCUT2D eigenvalue weighted by molar-refractivity contribution is 0.0612. The maximum Gasteiger partial charge on any atom is 0.125 e. The number of rotatable bonds is 0. The molecule has 1 aromatic carbocycles. The third kappa shape index (κ3) is 4.63. The molecule has 1 fully saturated rings. The molecule has 1 aromatic rings. The van der Waals surface area contributed by atoms with Gasteiger partial charge in [-0.2, -0.15) is 0 Å². The van der Waals surface area contributed by atoms with E-state index in [9.17, 15) is 5.11 Å². The van der Waals surface area contributed by atoms with Gasteiger partial charge >= 0.3 is 0 Å². The number of hydrogen-bond donors (Lipinski definition) is 1. The molecule has 92 valence electrons. The van der Waals surface area contributed by atoms with Crippen molar-refractivity contribution in [1.82, 2.24) is 0 Å². The van der Waals surface area contributed by atoms with E-state index in [1.807, 2.05) is 0 Å². The van der Waals surface area contributed by atoms with Gasteiger partial charge in [-0.15, -0.1) is 6.42 Å². The van der Waals surface area contributed by atoms with Crippen LogP contribution in [0.1, 0.15) is 43.2 Å². The zero-order valence-electron chi connectivity index (χ0n) is 10.9. The van der Waals surface area contributed by atoms with Crippen LogP contribution >= 0.6 is 0 Å². The first-order valence-corrected chi connectivity index (χ1v) is 6.30. The van der Waals surface area contributed by atoms with Crippen LogP contribution < -0.4 is 0 Å². The molecule has 0 aromatic heterocycles. The molecule has 17 heavy (non-hydrogen) atoms. The summed E-state index contributed by atoms with van der Waals surface area (Å²) in [7, 11) is 0. The van der Waals surface area contributed by atoms with Crippen molar-refractivity contribution in [2.45, 2.75) is 51.6 Å². The quantitative estimate of drug-likeness (QED) is 0.675. The van der Waals surface area contributed by atoms with Crippen LogP contribution in [0.4, 0.5) is 0 Å². The van der Waals surface area contributed by atoms with Gasteiger partial charge in [-0.25, -0.2) is 0 Å². The van der Waals surface area contributed by atoms with Gasteiger partial charge in [0.25, 0.3) is 0 Å². The molecule has 1 aliphatic carbocycles. The summed E-state index contributed by atoms with van der Waals surface area (Å²) in [6.07, 6.45) is 10.1. The normalized spacial score (nSPS) is 17.5. The molecule has 1 heteroatoms. The number of terminal acetylenes is 1. The number of aliphatic hydroxyl groups is 1. The smallest absolute Gasteiger partial charge is 0.125 e. The molecular formula is C16H22O.